The lowest BCUT2D eigenvalue weighted by Gasteiger charge is -2.28. The van der Waals surface area contributed by atoms with Crippen molar-refractivity contribution in [2.45, 2.75) is 32.9 Å². The van der Waals surface area contributed by atoms with Gasteiger partial charge in [-0.05, 0) is 23.6 Å². The summed E-state index contributed by atoms with van der Waals surface area (Å²) in [6, 6.07) is 6.41. The van der Waals surface area contributed by atoms with Gasteiger partial charge in [-0.3, -0.25) is 4.79 Å². The second kappa shape index (κ2) is 4.66. The Morgan fingerprint density at radius 3 is 3.12 bits per heavy atom. The van der Waals surface area contributed by atoms with Gasteiger partial charge in [0.25, 0.3) is 0 Å². The van der Waals surface area contributed by atoms with Crippen LogP contribution >= 0.6 is 0 Å². The van der Waals surface area contributed by atoms with Gasteiger partial charge in [-0.15, -0.1) is 0 Å². The van der Waals surface area contributed by atoms with Gasteiger partial charge >= 0.3 is 0 Å². The first kappa shape index (κ1) is 11.1. The van der Waals surface area contributed by atoms with Crippen molar-refractivity contribution in [1.29, 1.82) is 0 Å². The van der Waals surface area contributed by atoms with Crippen molar-refractivity contribution in [3.8, 4) is 0 Å². The summed E-state index contributed by atoms with van der Waals surface area (Å²) in [5.41, 5.74) is 3.89. The van der Waals surface area contributed by atoms with Crippen LogP contribution in [0.25, 0.3) is 0 Å². The molecular weight excluding hydrogens is 200 g/mol. The largest absolute Gasteiger partial charge is 0.348 e. The molecule has 0 fully saturated rings. The third-order valence-electron chi connectivity index (χ3n) is 3.13. The molecule has 0 spiro atoms. The van der Waals surface area contributed by atoms with Gasteiger partial charge in [0.05, 0.1) is 6.04 Å². The molecule has 2 rings (SSSR count). The molecule has 1 aliphatic rings. The highest BCUT2D eigenvalue weighted by atomic mass is 16.1. The van der Waals surface area contributed by atoms with Crippen LogP contribution in [0.15, 0.2) is 18.2 Å². The van der Waals surface area contributed by atoms with Gasteiger partial charge in [0.15, 0.2) is 0 Å². The zero-order valence-electron chi connectivity index (χ0n) is 9.84. The maximum absolute atomic E-state index is 11.4. The fraction of sp³-hybridized carbons (Fsp3) is 0.462. The van der Waals surface area contributed by atoms with Gasteiger partial charge in [-0.2, -0.15) is 0 Å². The van der Waals surface area contributed by atoms with Crippen molar-refractivity contribution < 1.29 is 4.79 Å². The Hall–Kier alpha value is -1.35. The fourth-order valence-corrected chi connectivity index (χ4v) is 2.17. The van der Waals surface area contributed by atoms with Crippen molar-refractivity contribution >= 4 is 5.91 Å². The summed E-state index contributed by atoms with van der Waals surface area (Å²) in [6.07, 6.45) is 0.539. The highest BCUT2D eigenvalue weighted by Gasteiger charge is 2.21. The van der Waals surface area contributed by atoms with E-state index in [9.17, 15) is 4.79 Å². The molecule has 1 atom stereocenters. The average molecular weight is 218 g/mol. The second-order valence-electron chi connectivity index (χ2n) is 4.25. The highest BCUT2D eigenvalue weighted by molar-refractivity contribution is 5.76. The molecule has 16 heavy (non-hydrogen) atoms. The van der Waals surface area contributed by atoms with Gasteiger partial charge in [-0.25, -0.2) is 0 Å². The van der Waals surface area contributed by atoms with Gasteiger partial charge in [0.1, 0.15) is 0 Å². The minimum Gasteiger partial charge on any atom is -0.348 e. The normalized spacial score (nSPS) is 19.0. The molecule has 0 radical (unpaired) electrons. The van der Waals surface area contributed by atoms with Crippen molar-refractivity contribution in [2.75, 3.05) is 6.54 Å². The summed E-state index contributed by atoms with van der Waals surface area (Å²) in [4.78, 5) is 11.4. The number of fused-ring (bicyclic) bond motifs is 1. The van der Waals surface area contributed by atoms with Crippen molar-refractivity contribution in [2.24, 2.45) is 0 Å². The average Bonchev–Trinajstić information content (AvgIpc) is 2.30. The van der Waals surface area contributed by atoms with Gasteiger partial charge in [0, 0.05) is 19.5 Å². The van der Waals surface area contributed by atoms with Gasteiger partial charge in [-0.1, -0.05) is 25.1 Å². The Balaban J connectivity index is 2.26. The standard InChI is InChI=1S/C13H18N2O/c1-3-13(16)15-12-8-14-7-11-9(2)5-4-6-10(11)12/h4-6,12,14H,3,7-8H2,1-2H3,(H,15,16). The second-order valence-corrected chi connectivity index (χ2v) is 4.25. The predicted octanol–water partition coefficient (Wildman–Crippen LogP) is 1.67. The van der Waals surface area contributed by atoms with Crippen LogP contribution in [0.3, 0.4) is 0 Å². The maximum atomic E-state index is 11.4. The molecule has 0 bridgehead atoms. The molecule has 0 aromatic heterocycles. The Bertz CT molecular complexity index is 401. The van der Waals surface area contributed by atoms with Crippen LogP contribution < -0.4 is 10.6 Å². The molecule has 1 aromatic carbocycles. The molecule has 1 amide bonds. The van der Waals surface area contributed by atoms with Crippen LogP contribution in [-0.4, -0.2) is 12.5 Å². The monoisotopic (exact) mass is 218 g/mol. The lowest BCUT2D eigenvalue weighted by Crippen LogP contribution is -2.39. The molecule has 1 heterocycles. The van der Waals surface area contributed by atoms with Crippen molar-refractivity contribution in [1.82, 2.24) is 10.6 Å². The van der Waals surface area contributed by atoms with Crippen LogP contribution in [0.5, 0.6) is 0 Å². The van der Waals surface area contributed by atoms with Crippen LogP contribution in [0.4, 0.5) is 0 Å². The molecule has 0 saturated heterocycles. The number of benzene rings is 1. The zero-order valence-corrected chi connectivity index (χ0v) is 9.84. The van der Waals surface area contributed by atoms with E-state index in [-0.39, 0.29) is 11.9 Å². The molecule has 0 saturated carbocycles. The van der Waals surface area contributed by atoms with Crippen LogP contribution in [0.2, 0.25) is 0 Å². The molecule has 3 heteroatoms. The number of rotatable bonds is 2. The topological polar surface area (TPSA) is 41.1 Å². The quantitative estimate of drug-likeness (QED) is 0.792. The lowest BCUT2D eigenvalue weighted by atomic mass is 9.93. The van der Waals surface area contributed by atoms with Crippen molar-refractivity contribution in [3.05, 3.63) is 34.9 Å². The Labute approximate surface area is 96.2 Å². The van der Waals surface area contributed by atoms with Gasteiger partial charge in [0.2, 0.25) is 5.91 Å². The van der Waals surface area contributed by atoms with Crippen LogP contribution in [-0.2, 0) is 11.3 Å². The number of amides is 1. The first-order chi connectivity index (χ1) is 7.72. The summed E-state index contributed by atoms with van der Waals surface area (Å²) >= 11 is 0. The number of hydrogen-bond donors (Lipinski definition) is 2. The molecule has 1 aliphatic heterocycles. The number of carbonyl (C=O) groups is 1. The maximum Gasteiger partial charge on any atom is 0.220 e. The molecule has 3 nitrogen and oxygen atoms in total. The van der Waals surface area contributed by atoms with E-state index in [1.165, 1.54) is 16.7 Å². The summed E-state index contributed by atoms with van der Waals surface area (Å²) in [5.74, 6) is 0.112. The predicted molar refractivity (Wildman–Crippen MR) is 64.1 cm³/mol. The highest BCUT2D eigenvalue weighted by Crippen LogP contribution is 2.24. The molecule has 2 N–H and O–H groups in total. The van der Waals surface area contributed by atoms with Crippen LogP contribution in [0.1, 0.15) is 36.1 Å². The fourth-order valence-electron chi connectivity index (χ4n) is 2.17. The number of carbonyl (C=O) groups excluding carboxylic acids is 1. The van der Waals surface area contributed by atoms with E-state index in [0.717, 1.165) is 13.1 Å². The minimum absolute atomic E-state index is 0.112. The smallest absolute Gasteiger partial charge is 0.220 e. The van der Waals surface area contributed by atoms with E-state index < -0.39 is 0 Å². The van der Waals surface area contributed by atoms with Crippen LogP contribution in [0, 0.1) is 6.92 Å². The van der Waals surface area contributed by atoms with E-state index in [1.54, 1.807) is 0 Å². The number of aryl methyl sites for hydroxylation is 1. The van der Waals surface area contributed by atoms with Gasteiger partial charge < -0.3 is 10.6 Å². The van der Waals surface area contributed by atoms with E-state index in [2.05, 4.69) is 35.8 Å². The van der Waals surface area contributed by atoms with E-state index in [4.69, 9.17) is 0 Å². The Morgan fingerprint density at radius 2 is 2.38 bits per heavy atom. The summed E-state index contributed by atoms with van der Waals surface area (Å²) in [6.45, 7) is 5.72. The Morgan fingerprint density at radius 1 is 1.56 bits per heavy atom. The summed E-state index contributed by atoms with van der Waals surface area (Å²) < 4.78 is 0. The van der Waals surface area contributed by atoms with E-state index in [0.29, 0.717) is 6.42 Å². The van der Waals surface area contributed by atoms with E-state index >= 15 is 0 Å². The third-order valence-corrected chi connectivity index (χ3v) is 3.13. The first-order valence-electron chi connectivity index (χ1n) is 5.81. The number of hydrogen-bond acceptors (Lipinski definition) is 2. The lowest BCUT2D eigenvalue weighted by molar-refractivity contribution is -0.121. The summed E-state index contributed by atoms with van der Waals surface area (Å²) in [5, 5.41) is 6.40. The molecule has 0 aliphatic carbocycles. The van der Waals surface area contributed by atoms with E-state index in [1.807, 2.05) is 6.92 Å². The van der Waals surface area contributed by atoms with Crippen molar-refractivity contribution in [3.63, 3.8) is 0 Å². The number of nitrogens with one attached hydrogen (secondary N) is 2. The molecule has 1 aromatic rings. The minimum atomic E-state index is 0.112. The zero-order chi connectivity index (χ0) is 11.5. The summed E-state index contributed by atoms with van der Waals surface area (Å²) in [7, 11) is 0. The molecular formula is C13H18N2O. The third kappa shape index (κ3) is 2.09. The molecule has 1 unspecified atom stereocenters. The Kier molecular flexibility index (Phi) is 3.25. The molecule has 86 valence electrons. The first-order valence-corrected chi connectivity index (χ1v) is 5.81. The SMILES string of the molecule is CCC(=O)NC1CNCc2c(C)cccc21.